The van der Waals surface area contributed by atoms with Gasteiger partial charge in [-0.25, -0.2) is 0 Å². The summed E-state index contributed by atoms with van der Waals surface area (Å²) in [7, 11) is 0. The summed E-state index contributed by atoms with van der Waals surface area (Å²) in [5.74, 6) is 0.0502. The highest BCUT2D eigenvalue weighted by Gasteiger charge is 2.24. The Labute approximate surface area is 129 Å². The quantitative estimate of drug-likeness (QED) is 0.681. The lowest BCUT2D eigenvalue weighted by molar-refractivity contribution is 0.0985. The standard InChI is InChI=1S/C17H18N2OS/c1-21-13-9-7-12(8-10-13)17(20)19-11-3-4-14-15(18)5-2-6-16(14)19/h2,5-10H,3-4,11,18H2,1H3. The zero-order chi connectivity index (χ0) is 14.8. The van der Waals surface area contributed by atoms with Crippen LogP contribution >= 0.6 is 11.8 Å². The fourth-order valence-corrected chi connectivity index (χ4v) is 3.16. The highest BCUT2D eigenvalue weighted by molar-refractivity contribution is 7.98. The largest absolute Gasteiger partial charge is 0.398 e. The van der Waals surface area contributed by atoms with E-state index in [9.17, 15) is 4.79 Å². The average Bonchev–Trinajstić information content (AvgIpc) is 2.54. The van der Waals surface area contributed by atoms with Crippen molar-refractivity contribution in [3.63, 3.8) is 0 Å². The van der Waals surface area contributed by atoms with Gasteiger partial charge in [0.1, 0.15) is 0 Å². The van der Waals surface area contributed by atoms with E-state index in [4.69, 9.17) is 5.73 Å². The summed E-state index contributed by atoms with van der Waals surface area (Å²) in [4.78, 5) is 15.8. The number of carbonyl (C=O) groups excluding carboxylic acids is 1. The zero-order valence-electron chi connectivity index (χ0n) is 12.0. The lowest BCUT2D eigenvalue weighted by Gasteiger charge is -2.30. The van der Waals surface area contributed by atoms with Gasteiger partial charge in [-0.15, -0.1) is 11.8 Å². The van der Waals surface area contributed by atoms with Crippen molar-refractivity contribution in [1.29, 1.82) is 0 Å². The molecule has 0 unspecified atom stereocenters. The average molecular weight is 298 g/mol. The molecule has 0 fully saturated rings. The van der Waals surface area contributed by atoms with Crippen molar-refractivity contribution in [3.8, 4) is 0 Å². The van der Waals surface area contributed by atoms with E-state index in [-0.39, 0.29) is 5.91 Å². The van der Waals surface area contributed by atoms with Gasteiger partial charge in [0, 0.05) is 28.4 Å². The van der Waals surface area contributed by atoms with E-state index in [1.54, 1.807) is 11.8 Å². The minimum absolute atomic E-state index is 0.0502. The number of nitrogens with zero attached hydrogens (tertiary/aromatic N) is 1. The van der Waals surface area contributed by atoms with Gasteiger partial charge in [0.2, 0.25) is 0 Å². The zero-order valence-corrected chi connectivity index (χ0v) is 12.8. The van der Waals surface area contributed by atoms with Gasteiger partial charge >= 0.3 is 0 Å². The predicted octanol–water partition coefficient (Wildman–Crippen LogP) is 3.58. The van der Waals surface area contributed by atoms with Crippen LogP contribution in [0.3, 0.4) is 0 Å². The predicted molar refractivity (Wildman–Crippen MR) is 89.1 cm³/mol. The molecule has 0 saturated heterocycles. The molecule has 2 aromatic carbocycles. The number of fused-ring (bicyclic) bond motifs is 1. The molecule has 0 atom stereocenters. The van der Waals surface area contributed by atoms with E-state index in [0.717, 1.165) is 46.8 Å². The van der Waals surface area contributed by atoms with Gasteiger partial charge < -0.3 is 10.6 Å². The second-order valence-electron chi connectivity index (χ2n) is 5.13. The molecule has 0 radical (unpaired) electrons. The van der Waals surface area contributed by atoms with Gasteiger partial charge in [-0.05, 0) is 61.1 Å². The lowest BCUT2D eigenvalue weighted by Crippen LogP contribution is -2.35. The van der Waals surface area contributed by atoms with Crippen LogP contribution in [0.15, 0.2) is 47.4 Å². The van der Waals surface area contributed by atoms with Gasteiger partial charge in [0.25, 0.3) is 5.91 Å². The van der Waals surface area contributed by atoms with Gasteiger partial charge in [-0.1, -0.05) is 6.07 Å². The van der Waals surface area contributed by atoms with E-state index >= 15 is 0 Å². The SMILES string of the molecule is CSc1ccc(C(=O)N2CCCc3c(N)cccc32)cc1. The summed E-state index contributed by atoms with van der Waals surface area (Å²) in [5.41, 5.74) is 9.60. The molecule has 3 rings (SSSR count). The molecule has 0 spiro atoms. The van der Waals surface area contributed by atoms with Crippen molar-refractivity contribution in [2.45, 2.75) is 17.7 Å². The van der Waals surface area contributed by atoms with Crippen molar-refractivity contribution in [2.24, 2.45) is 0 Å². The normalized spacial score (nSPS) is 13.9. The van der Waals surface area contributed by atoms with Crippen LogP contribution in [0.4, 0.5) is 11.4 Å². The summed E-state index contributed by atoms with van der Waals surface area (Å²) in [5, 5.41) is 0. The van der Waals surface area contributed by atoms with Crippen LogP contribution < -0.4 is 10.6 Å². The second kappa shape index (κ2) is 5.82. The van der Waals surface area contributed by atoms with Crippen molar-refractivity contribution in [2.75, 3.05) is 23.4 Å². The van der Waals surface area contributed by atoms with Crippen molar-refractivity contribution >= 4 is 29.0 Å². The first-order valence-corrected chi connectivity index (χ1v) is 8.26. The van der Waals surface area contributed by atoms with Gasteiger partial charge in [0.05, 0.1) is 0 Å². The summed E-state index contributed by atoms with van der Waals surface area (Å²) in [6, 6.07) is 13.6. The number of nitrogens with two attached hydrogens (primary N) is 1. The Morgan fingerprint density at radius 1 is 1.19 bits per heavy atom. The van der Waals surface area contributed by atoms with E-state index in [1.165, 1.54) is 0 Å². The minimum atomic E-state index is 0.0502. The molecule has 0 aliphatic carbocycles. The molecule has 4 heteroatoms. The Kier molecular flexibility index (Phi) is 3.88. The van der Waals surface area contributed by atoms with Crippen molar-refractivity contribution in [3.05, 3.63) is 53.6 Å². The fraction of sp³-hybridized carbons (Fsp3) is 0.235. The summed E-state index contributed by atoms with van der Waals surface area (Å²) in [6.07, 6.45) is 3.92. The third kappa shape index (κ3) is 2.63. The third-order valence-corrected chi connectivity index (χ3v) is 4.61. The van der Waals surface area contributed by atoms with Crippen LogP contribution in [0.25, 0.3) is 0 Å². The number of thioether (sulfide) groups is 1. The van der Waals surface area contributed by atoms with Crippen molar-refractivity contribution in [1.82, 2.24) is 0 Å². The molecule has 0 saturated carbocycles. The number of anilines is 2. The summed E-state index contributed by atoms with van der Waals surface area (Å²) < 4.78 is 0. The van der Waals surface area contributed by atoms with E-state index in [1.807, 2.05) is 53.6 Å². The van der Waals surface area contributed by atoms with Gasteiger partial charge in [0.15, 0.2) is 0 Å². The Balaban J connectivity index is 1.94. The molecule has 21 heavy (non-hydrogen) atoms. The molecule has 2 aromatic rings. The first kappa shape index (κ1) is 14.0. The number of carbonyl (C=O) groups is 1. The molecule has 1 heterocycles. The highest BCUT2D eigenvalue weighted by Crippen LogP contribution is 2.32. The molecule has 2 N–H and O–H groups in total. The van der Waals surface area contributed by atoms with Crippen LogP contribution in [0.1, 0.15) is 22.3 Å². The third-order valence-electron chi connectivity index (χ3n) is 3.87. The number of benzene rings is 2. The maximum absolute atomic E-state index is 12.8. The molecule has 0 bridgehead atoms. The minimum Gasteiger partial charge on any atom is -0.398 e. The summed E-state index contributed by atoms with van der Waals surface area (Å²) >= 11 is 1.67. The molecule has 3 nitrogen and oxygen atoms in total. The molecule has 108 valence electrons. The molecule has 1 aliphatic rings. The Morgan fingerprint density at radius 3 is 2.67 bits per heavy atom. The molecule has 0 aromatic heterocycles. The van der Waals surface area contributed by atoms with Crippen molar-refractivity contribution < 1.29 is 4.79 Å². The van der Waals surface area contributed by atoms with E-state index in [2.05, 4.69) is 0 Å². The Morgan fingerprint density at radius 2 is 1.95 bits per heavy atom. The van der Waals surface area contributed by atoms with Crippen LogP contribution in [-0.4, -0.2) is 18.7 Å². The highest BCUT2D eigenvalue weighted by atomic mass is 32.2. The maximum Gasteiger partial charge on any atom is 0.258 e. The number of hydrogen-bond donors (Lipinski definition) is 1. The molecule has 1 amide bonds. The first-order valence-electron chi connectivity index (χ1n) is 7.04. The number of hydrogen-bond acceptors (Lipinski definition) is 3. The number of rotatable bonds is 2. The molecule has 1 aliphatic heterocycles. The van der Waals surface area contributed by atoms with Crippen LogP contribution in [0.2, 0.25) is 0 Å². The summed E-state index contributed by atoms with van der Waals surface area (Å²) in [6.45, 7) is 0.750. The van der Waals surface area contributed by atoms with Crippen LogP contribution in [0, 0.1) is 0 Å². The van der Waals surface area contributed by atoms with E-state index in [0.29, 0.717) is 0 Å². The Hall–Kier alpha value is -1.94. The first-order chi connectivity index (χ1) is 10.2. The van der Waals surface area contributed by atoms with E-state index < -0.39 is 0 Å². The number of nitrogen functional groups attached to an aromatic ring is 1. The lowest BCUT2D eigenvalue weighted by atomic mass is 9.99. The topological polar surface area (TPSA) is 46.3 Å². The van der Waals surface area contributed by atoms with Crippen LogP contribution in [0.5, 0.6) is 0 Å². The van der Waals surface area contributed by atoms with Crippen LogP contribution in [-0.2, 0) is 6.42 Å². The van der Waals surface area contributed by atoms with Gasteiger partial charge in [-0.2, -0.15) is 0 Å². The smallest absolute Gasteiger partial charge is 0.258 e. The van der Waals surface area contributed by atoms with Gasteiger partial charge in [-0.3, -0.25) is 4.79 Å². The monoisotopic (exact) mass is 298 g/mol. The fourth-order valence-electron chi connectivity index (χ4n) is 2.75. The Bertz CT molecular complexity index is 667. The second-order valence-corrected chi connectivity index (χ2v) is 6.01. The molecular formula is C17H18N2OS. The molecular weight excluding hydrogens is 280 g/mol. The maximum atomic E-state index is 12.8. The number of amides is 1.